The van der Waals surface area contributed by atoms with Crippen LogP contribution in [0.2, 0.25) is 0 Å². The smallest absolute Gasteiger partial charge is 0.408 e. The van der Waals surface area contributed by atoms with Crippen LogP contribution in [0.25, 0.3) is 0 Å². The van der Waals surface area contributed by atoms with Crippen LogP contribution in [0.4, 0.5) is 4.79 Å². The summed E-state index contributed by atoms with van der Waals surface area (Å²) in [5.41, 5.74) is 1.50. The Bertz CT molecular complexity index is 792. The number of H-pyrrole nitrogens is 1. The molecule has 0 aliphatic carbocycles. The highest BCUT2D eigenvalue weighted by molar-refractivity contribution is 5.89. The molecule has 0 saturated carbocycles. The first-order valence-corrected chi connectivity index (χ1v) is 9.23. The number of imidazole rings is 1. The van der Waals surface area contributed by atoms with E-state index in [1.54, 1.807) is 20.0 Å². The van der Waals surface area contributed by atoms with Gasteiger partial charge in [-0.2, -0.15) is 0 Å². The lowest BCUT2D eigenvalue weighted by molar-refractivity contribution is -0.145. The van der Waals surface area contributed by atoms with Crippen molar-refractivity contribution >= 4 is 18.0 Å². The molecule has 1 unspecified atom stereocenters. The number of aromatic amines is 1. The molecular weight excluding hydrogens is 376 g/mol. The van der Waals surface area contributed by atoms with E-state index < -0.39 is 30.1 Å². The molecule has 2 amide bonds. The molecular formula is C20H26N4O5. The number of ether oxygens (including phenoxy) is 2. The zero-order valence-electron chi connectivity index (χ0n) is 16.7. The molecule has 0 fully saturated rings. The first-order chi connectivity index (χ1) is 13.9. The lowest BCUT2D eigenvalue weighted by atomic mass is 10.0. The van der Waals surface area contributed by atoms with Gasteiger partial charge in [0.25, 0.3) is 0 Å². The van der Waals surface area contributed by atoms with Crippen molar-refractivity contribution < 1.29 is 23.9 Å². The molecule has 9 heteroatoms. The highest BCUT2D eigenvalue weighted by Crippen LogP contribution is 2.07. The summed E-state index contributed by atoms with van der Waals surface area (Å²) in [5.74, 6) is -1.33. The number of hydrogen-bond donors (Lipinski definition) is 3. The van der Waals surface area contributed by atoms with Crippen molar-refractivity contribution in [2.75, 3.05) is 7.11 Å². The Hall–Kier alpha value is -3.36. The van der Waals surface area contributed by atoms with Gasteiger partial charge in [-0.15, -0.1) is 0 Å². The zero-order chi connectivity index (χ0) is 21.2. The van der Waals surface area contributed by atoms with Crippen LogP contribution in [0.3, 0.4) is 0 Å². The van der Waals surface area contributed by atoms with Crippen LogP contribution in [-0.4, -0.2) is 47.1 Å². The van der Waals surface area contributed by atoms with Crippen LogP contribution in [0.15, 0.2) is 42.9 Å². The third kappa shape index (κ3) is 6.95. The molecule has 1 heterocycles. The molecule has 2 rings (SSSR count). The number of carbonyl (C=O) groups excluding carboxylic acids is 3. The van der Waals surface area contributed by atoms with Gasteiger partial charge < -0.3 is 25.1 Å². The van der Waals surface area contributed by atoms with Crippen LogP contribution < -0.4 is 10.6 Å². The lowest BCUT2D eigenvalue weighted by Crippen LogP contribution is -2.54. The molecule has 2 atom stereocenters. The topological polar surface area (TPSA) is 122 Å². The van der Waals surface area contributed by atoms with Crippen LogP contribution in [0.5, 0.6) is 0 Å². The van der Waals surface area contributed by atoms with E-state index in [-0.39, 0.29) is 18.9 Å². The Labute approximate surface area is 169 Å². The number of methoxy groups -OCH3 is 1. The van der Waals surface area contributed by atoms with E-state index in [0.717, 1.165) is 5.56 Å². The van der Waals surface area contributed by atoms with E-state index in [2.05, 4.69) is 20.6 Å². The quantitative estimate of drug-likeness (QED) is 0.547. The van der Waals surface area contributed by atoms with Crippen molar-refractivity contribution in [3.8, 4) is 0 Å². The van der Waals surface area contributed by atoms with Gasteiger partial charge in [0.2, 0.25) is 5.91 Å². The van der Waals surface area contributed by atoms with E-state index in [0.29, 0.717) is 5.69 Å². The van der Waals surface area contributed by atoms with E-state index in [1.807, 2.05) is 30.3 Å². The van der Waals surface area contributed by atoms with Crippen molar-refractivity contribution in [1.82, 2.24) is 20.6 Å². The van der Waals surface area contributed by atoms with Gasteiger partial charge in [-0.3, -0.25) is 4.79 Å². The number of amides is 2. The van der Waals surface area contributed by atoms with Crippen molar-refractivity contribution in [3.05, 3.63) is 54.1 Å². The van der Waals surface area contributed by atoms with E-state index in [4.69, 9.17) is 9.47 Å². The van der Waals surface area contributed by atoms with Gasteiger partial charge >= 0.3 is 12.1 Å². The second-order valence-electron chi connectivity index (χ2n) is 6.79. The van der Waals surface area contributed by atoms with Crippen molar-refractivity contribution in [1.29, 1.82) is 0 Å². The standard InChI is InChI=1S/C20H26N4O5/c1-13(2)17(24-20(27)29-11-14-7-5-4-6-8-14)18(25)23-16(19(26)28-3)9-15-10-21-12-22-15/h4-8,10,12-13,16-17H,9,11H2,1-3H3,(H,21,22)(H,23,25)(H,24,27)/t16-,17?/m0/s1. The van der Waals surface area contributed by atoms with Crippen LogP contribution >= 0.6 is 0 Å². The minimum atomic E-state index is -0.920. The number of alkyl carbamates (subject to hydrolysis) is 1. The molecule has 3 N–H and O–H groups in total. The Balaban J connectivity index is 1.97. The Kier molecular flexibility index (Phi) is 8.20. The maximum Gasteiger partial charge on any atom is 0.408 e. The zero-order valence-corrected chi connectivity index (χ0v) is 16.7. The minimum absolute atomic E-state index is 0.0870. The Morgan fingerprint density at radius 2 is 1.86 bits per heavy atom. The molecule has 2 aromatic rings. The second-order valence-corrected chi connectivity index (χ2v) is 6.79. The second kappa shape index (κ2) is 10.8. The van der Waals surface area contributed by atoms with E-state index >= 15 is 0 Å². The molecule has 0 bridgehead atoms. The first-order valence-electron chi connectivity index (χ1n) is 9.23. The van der Waals surface area contributed by atoms with Gasteiger partial charge in [0.1, 0.15) is 18.7 Å². The largest absolute Gasteiger partial charge is 0.467 e. The normalized spacial score (nSPS) is 12.7. The average Bonchev–Trinajstić information content (AvgIpc) is 3.23. The summed E-state index contributed by atoms with van der Waals surface area (Å²) < 4.78 is 9.95. The molecule has 1 aromatic heterocycles. The molecule has 0 spiro atoms. The van der Waals surface area contributed by atoms with Crippen LogP contribution in [0, 0.1) is 5.92 Å². The lowest BCUT2D eigenvalue weighted by Gasteiger charge is -2.24. The van der Waals surface area contributed by atoms with Gasteiger partial charge in [0, 0.05) is 18.3 Å². The summed E-state index contributed by atoms with van der Waals surface area (Å²) >= 11 is 0. The summed E-state index contributed by atoms with van der Waals surface area (Å²) in [7, 11) is 1.24. The van der Waals surface area contributed by atoms with Crippen molar-refractivity contribution in [2.45, 2.75) is 39.0 Å². The van der Waals surface area contributed by atoms with E-state index in [1.165, 1.54) is 13.4 Å². The number of nitrogens with zero attached hydrogens (tertiary/aromatic N) is 1. The monoisotopic (exact) mass is 402 g/mol. The SMILES string of the molecule is COC(=O)[C@H](Cc1cnc[nH]1)NC(=O)C(NC(=O)OCc1ccccc1)C(C)C. The summed E-state index contributed by atoms with van der Waals surface area (Å²) in [6.45, 7) is 3.65. The molecule has 0 aliphatic heterocycles. The predicted octanol–water partition coefficient (Wildman–Crippen LogP) is 1.56. The highest BCUT2D eigenvalue weighted by Gasteiger charge is 2.30. The maximum atomic E-state index is 12.7. The molecule has 0 saturated heterocycles. The number of rotatable bonds is 9. The van der Waals surface area contributed by atoms with Gasteiger partial charge in [0.05, 0.1) is 13.4 Å². The molecule has 0 radical (unpaired) electrons. The Morgan fingerprint density at radius 3 is 2.45 bits per heavy atom. The van der Waals surface area contributed by atoms with Gasteiger partial charge in [-0.25, -0.2) is 14.6 Å². The minimum Gasteiger partial charge on any atom is -0.467 e. The van der Waals surface area contributed by atoms with Crippen LogP contribution in [0.1, 0.15) is 25.1 Å². The van der Waals surface area contributed by atoms with Gasteiger partial charge in [-0.05, 0) is 11.5 Å². The number of nitrogens with one attached hydrogen (secondary N) is 3. The number of benzene rings is 1. The third-order valence-corrected chi connectivity index (χ3v) is 4.22. The number of aromatic nitrogens is 2. The average molecular weight is 402 g/mol. The number of hydrogen-bond acceptors (Lipinski definition) is 6. The molecule has 9 nitrogen and oxygen atoms in total. The molecule has 29 heavy (non-hydrogen) atoms. The van der Waals surface area contributed by atoms with Gasteiger partial charge in [-0.1, -0.05) is 44.2 Å². The number of carbonyl (C=O) groups is 3. The third-order valence-electron chi connectivity index (χ3n) is 4.22. The fraction of sp³-hybridized carbons (Fsp3) is 0.400. The predicted molar refractivity (Wildman–Crippen MR) is 105 cm³/mol. The first kappa shape index (κ1) is 21.9. The van der Waals surface area contributed by atoms with Crippen molar-refractivity contribution in [3.63, 3.8) is 0 Å². The Morgan fingerprint density at radius 1 is 1.14 bits per heavy atom. The molecule has 1 aromatic carbocycles. The van der Waals surface area contributed by atoms with Crippen LogP contribution in [-0.2, 0) is 32.1 Å². The highest BCUT2D eigenvalue weighted by atomic mass is 16.5. The number of esters is 1. The fourth-order valence-electron chi connectivity index (χ4n) is 2.64. The van der Waals surface area contributed by atoms with E-state index in [9.17, 15) is 14.4 Å². The molecule has 0 aliphatic rings. The van der Waals surface area contributed by atoms with Crippen molar-refractivity contribution in [2.24, 2.45) is 5.92 Å². The summed E-state index contributed by atoms with van der Waals surface area (Å²) in [5, 5.41) is 5.20. The maximum absolute atomic E-state index is 12.7. The molecule has 156 valence electrons. The fourth-order valence-corrected chi connectivity index (χ4v) is 2.64. The van der Waals surface area contributed by atoms with Gasteiger partial charge in [0.15, 0.2) is 0 Å². The summed E-state index contributed by atoms with van der Waals surface area (Å²) in [6, 6.07) is 7.40. The summed E-state index contributed by atoms with van der Waals surface area (Å²) in [4.78, 5) is 43.7. The summed E-state index contributed by atoms with van der Waals surface area (Å²) in [6.07, 6.45) is 2.50.